The Labute approximate surface area is 107 Å². The van der Waals surface area contributed by atoms with Gasteiger partial charge in [-0.3, -0.25) is 9.00 Å². The summed E-state index contributed by atoms with van der Waals surface area (Å²) in [6.45, 7) is 2.22. The van der Waals surface area contributed by atoms with Crippen LogP contribution in [0.25, 0.3) is 0 Å². The normalized spacial score (nSPS) is 13.0. The Morgan fingerprint density at radius 1 is 1.06 bits per heavy atom. The van der Waals surface area contributed by atoms with Crippen LogP contribution in [0, 0.1) is 0 Å². The highest BCUT2D eigenvalue weighted by atomic mass is 32.2. The molecule has 0 aromatic heterocycles. The van der Waals surface area contributed by atoms with Crippen molar-refractivity contribution in [2.75, 3.05) is 5.75 Å². The predicted molar refractivity (Wildman–Crippen MR) is 74.0 cm³/mol. The fourth-order valence-corrected chi connectivity index (χ4v) is 2.50. The quantitative estimate of drug-likeness (QED) is 0.458. The first-order valence-electron chi connectivity index (χ1n) is 6.51. The molecule has 0 spiro atoms. The van der Waals surface area contributed by atoms with Crippen molar-refractivity contribution < 1.29 is 9.00 Å². The second-order valence-electron chi connectivity index (χ2n) is 4.26. The second kappa shape index (κ2) is 11.8. The maximum absolute atomic E-state index is 11.3. The van der Waals surface area contributed by atoms with Crippen LogP contribution in [0.5, 0.6) is 0 Å². The van der Waals surface area contributed by atoms with Crippen molar-refractivity contribution in [2.24, 2.45) is 5.73 Å². The molecular weight excluding hydrogens is 234 g/mol. The molecule has 0 radical (unpaired) electrons. The molecule has 3 nitrogen and oxygen atoms in total. The Morgan fingerprint density at radius 3 is 2.12 bits per heavy atom. The molecule has 100 valence electrons. The number of hydrogen-bond acceptors (Lipinski definition) is 2. The van der Waals surface area contributed by atoms with Crippen LogP contribution >= 0.6 is 0 Å². The summed E-state index contributed by atoms with van der Waals surface area (Å²) in [5.41, 5.74) is 4.91. The molecule has 0 aliphatic heterocycles. The van der Waals surface area contributed by atoms with Crippen molar-refractivity contribution in [2.45, 2.75) is 58.3 Å². The Hall–Kier alpha value is -0.640. The number of amides is 1. The lowest BCUT2D eigenvalue weighted by atomic mass is 10.1. The summed E-state index contributed by atoms with van der Waals surface area (Å²) in [6, 6.07) is 0. The van der Waals surface area contributed by atoms with Crippen LogP contribution in [-0.4, -0.2) is 15.9 Å². The molecule has 0 rings (SSSR count). The molecule has 4 heteroatoms. The summed E-state index contributed by atoms with van der Waals surface area (Å²) >= 11 is 0. The molecular formula is C13H25NO2S. The molecule has 0 aromatic rings. The van der Waals surface area contributed by atoms with E-state index in [0.29, 0.717) is 5.75 Å². The van der Waals surface area contributed by atoms with Crippen LogP contribution < -0.4 is 5.73 Å². The molecule has 0 fully saturated rings. The van der Waals surface area contributed by atoms with Crippen LogP contribution in [-0.2, 0) is 15.6 Å². The fraction of sp³-hybridized carbons (Fsp3) is 0.769. The van der Waals surface area contributed by atoms with E-state index in [1.165, 1.54) is 50.0 Å². The highest BCUT2D eigenvalue weighted by Gasteiger charge is 1.96. The van der Waals surface area contributed by atoms with E-state index in [2.05, 4.69) is 6.92 Å². The molecule has 17 heavy (non-hydrogen) atoms. The Balaban J connectivity index is 3.28. The Bertz CT molecular complexity index is 252. The molecule has 0 aromatic carbocycles. The van der Waals surface area contributed by atoms with Gasteiger partial charge in [0.15, 0.2) is 0 Å². The molecule has 2 N–H and O–H groups in total. The third kappa shape index (κ3) is 13.3. The first-order valence-corrected chi connectivity index (χ1v) is 7.90. The van der Waals surface area contributed by atoms with Crippen molar-refractivity contribution in [3.05, 3.63) is 11.5 Å². The topological polar surface area (TPSA) is 60.2 Å². The Kier molecular flexibility index (Phi) is 11.4. The van der Waals surface area contributed by atoms with Gasteiger partial charge >= 0.3 is 0 Å². The van der Waals surface area contributed by atoms with E-state index in [1.54, 1.807) is 0 Å². The summed E-state index contributed by atoms with van der Waals surface area (Å²) in [4.78, 5) is 10.4. The molecule has 0 saturated heterocycles. The minimum atomic E-state index is -1.03. The largest absolute Gasteiger partial charge is 0.366 e. The zero-order valence-corrected chi connectivity index (χ0v) is 11.6. The molecule has 0 saturated carbocycles. The summed E-state index contributed by atoms with van der Waals surface area (Å²) < 4.78 is 11.3. The third-order valence-corrected chi connectivity index (χ3v) is 3.71. The zero-order valence-electron chi connectivity index (χ0n) is 10.8. The van der Waals surface area contributed by atoms with Crippen molar-refractivity contribution in [1.29, 1.82) is 0 Å². The number of hydrogen-bond donors (Lipinski definition) is 1. The summed E-state index contributed by atoms with van der Waals surface area (Å²) in [7, 11) is -1.03. The summed E-state index contributed by atoms with van der Waals surface area (Å²) in [5.74, 6) is 0.105. The molecule has 0 aliphatic carbocycles. The molecule has 0 heterocycles. The highest BCUT2D eigenvalue weighted by Crippen LogP contribution is 2.08. The maximum atomic E-state index is 11.3. The maximum Gasteiger partial charge on any atom is 0.242 e. The lowest BCUT2D eigenvalue weighted by Crippen LogP contribution is -2.06. The molecule has 1 atom stereocenters. The summed E-state index contributed by atoms with van der Waals surface area (Å²) in [5, 5.41) is 1.39. The third-order valence-electron chi connectivity index (χ3n) is 2.58. The van der Waals surface area contributed by atoms with Crippen LogP contribution in [0.3, 0.4) is 0 Å². The minimum absolute atomic E-state index is 0.533. The van der Waals surface area contributed by atoms with Crippen molar-refractivity contribution in [1.82, 2.24) is 0 Å². The first kappa shape index (κ1) is 16.4. The van der Waals surface area contributed by atoms with Crippen molar-refractivity contribution in [3.63, 3.8) is 0 Å². The highest BCUT2D eigenvalue weighted by molar-refractivity contribution is 7.87. The molecule has 0 bridgehead atoms. The van der Waals surface area contributed by atoms with E-state index >= 15 is 0 Å². The molecule has 0 aliphatic rings. The van der Waals surface area contributed by atoms with Gasteiger partial charge in [-0.2, -0.15) is 0 Å². The van der Waals surface area contributed by atoms with E-state index in [1.807, 2.05) is 0 Å². The van der Waals surface area contributed by atoms with Gasteiger partial charge in [-0.1, -0.05) is 51.9 Å². The lowest BCUT2D eigenvalue weighted by molar-refractivity contribution is -0.113. The van der Waals surface area contributed by atoms with Crippen molar-refractivity contribution in [3.8, 4) is 0 Å². The molecule has 1 unspecified atom stereocenters. The number of primary amides is 1. The van der Waals surface area contributed by atoms with Gasteiger partial charge in [0, 0.05) is 28.0 Å². The number of carbonyl (C=O) groups is 1. The fourth-order valence-electron chi connectivity index (χ4n) is 1.59. The van der Waals surface area contributed by atoms with Crippen molar-refractivity contribution >= 4 is 16.7 Å². The number of carbonyl (C=O) groups excluding carboxylic acids is 1. The average molecular weight is 259 g/mol. The minimum Gasteiger partial charge on any atom is -0.366 e. The van der Waals surface area contributed by atoms with Gasteiger partial charge in [0.1, 0.15) is 0 Å². The van der Waals surface area contributed by atoms with Gasteiger partial charge < -0.3 is 5.73 Å². The van der Waals surface area contributed by atoms with E-state index in [9.17, 15) is 9.00 Å². The predicted octanol–water partition coefficient (Wildman–Crippen LogP) is 2.87. The first-order chi connectivity index (χ1) is 8.16. The van der Waals surface area contributed by atoms with Gasteiger partial charge in [-0.15, -0.1) is 0 Å². The smallest absolute Gasteiger partial charge is 0.242 e. The average Bonchev–Trinajstić information content (AvgIpc) is 2.30. The van der Waals surface area contributed by atoms with E-state index < -0.39 is 16.7 Å². The second-order valence-corrected chi connectivity index (χ2v) is 5.71. The van der Waals surface area contributed by atoms with E-state index in [4.69, 9.17) is 5.73 Å². The van der Waals surface area contributed by atoms with Crippen LogP contribution in [0.1, 0.15) is 58.3 Å². The van der Waals surface area contributed by atoms with Crippen LogP contribution in [0.2, 0.25) is 0 Å². The van der Waals surface area contributed by atoms with E-state index in [0.717, 1.165) is 12.8 Å². The number of unbranched alkanes of at least 4 members (excludes halogenated alkanes) is 7. The standard InChI is InChI=1S/C13H25NO2S/c1-2-3-4-5-6-7-8-9-11-17(16)12-10-13(14)15/h10,12H,2-9,11H2,1H3,(H2,14,15). The van der Waals surface area contributed by atoms with Gasteiger partial charge in [-0.25, -0.2) is 0 Å². The zero-order chi connectivity index (χ0) is 12.9. The monoisotopic (exact) mass is 259 g/mol. The van der Waals surface area contributed by atoms with Crippen LogP contribution in [0.4, 0.5) is 0 Å². The lowest BCUT2D eigenvalue weighted by Gasteiger charge is -2.00. The SMILES string of the molecule is CCCCCCCCCCS(=O)C=CC(N)=O. The Morgan fingerprint density at radius 2 is 1.59 bits per heavy atom. The number of rotatable bonds is 11. The van der Waals surface area contributed by atoms with Gasteiger partial charge in [0.25, 0.3) is 0 Å². The molecule has 1 amide bonds. The van der Waals surface area contributed by atoms with Gasteiger partial charge in [-0.05, 0) is 6.42 Å². The van der Waals surface area contributed by atoms with E-state index in [-0.39, 0.29) is 0 Å². The van der Waals surface area contributed by atoms with Crippen LogP contribution in [0.15, 0.2) is 11.5 Å². The van der Waals surface area contributed by atoms with Gasteiger partial charge in [0.05, 0.1) is 0 Å². The van der Waals surface area contributed by atoms with Gasteiger partial charge in [0.2, 0.25) is 5.91 Å². The summed E-state index contributed by atoms with van der Waals surface area (Å²) in [6.07, 6.45) is 11.0. The number of nitrogens with two attached hydrogens (primary N) is 1.